The largest absolute Gasteiger partial charge is 0.461 e. The fourth-order valence-electron chi connectivity index (χ4n) is 4.20. The molecule has 2 nitrogen and oxygen atoms in total. The SMILES string of the molecule is Cc1cc(CCCCCC2(C)CC2)cc(CCCCC2(OC=O)CC2)c1. The van der Waals surface area contributed by atoms with Crippen molar-refractivity contribution in [3.8, 4) is 0 Å². The molecule has 2 aliphatic rings. The van der Waals surface area contributed by atoms with Gasteiger partial charge in [-0.05, 0) is 94.1 Å². The molecular weight excluding hydrogens is 320 g/mol. The predicted molar refractivity (Wildman–Crippen MR) is 107 cm³/mol. The smallest absolute Gasteiger partial charge is 0.293 e. The zero-order chi connectivity index (χ0) is 18.5. The van der Waals surface area contributed by atoms with E-state index in [1.54, 1.807) is 0 Å². The number of rotatable bonds is 13. The maximum Gasteiger partial charge on any atom is 0.293 e. The Morgan fingerprint density at radius 3 is 2.08 bits per heavy atom. The van der Waals surface area contributed by atoms with Crippen LogP contribution in [0.4, 0.5) is 0 Å². The van der Waals surface area contributed by atoms with Crippen LogP contribution in [0.25, 0.3) is 0 Å². The van der Waals surface area contributed by atoms with Crippen molar-refractivity contribution in [1.82, 2.24) is 0 Å². The average molecular weight is 357 g/mol. The van der Waals surface area contributed by atoms with Crippen LogP contribution in [0.1, 0.15) is 94.2 Å². The summed E-state index contributed by atoms with van der Waals surface area (Å²) in [6.45, 7) is 5.29. The molecule has 0 amide bonds. The Balaban J connectivity index is 1.35. The van der Waals surface area contributed by atoms with Gasteiger partial charge in [-0.2, -0.15) is 0 Å². The Hall–Kier alpha value is -1.31. The van der Waals surface area contributed by atoms with Gasteiger partial charge in [-0.15, -0.1) is 0 Å². The molecule has 0 aromatic heterocycles. The van der Waals surface area contributed by atoms with Crippen LogP contribution < -0.4 is 0 Å². The first-order valence-electron chi connectivity index (χ1n) is 10.7. The lowest BCUT2D eigenvalue weighted by Gasteiger charge is -2.13. The van der Waals surface area contributed by atoms with E-state index in [0.29, 0.717) is 11.9 Å². The minimum atomic E-state index is -0.0863. The molecule has 0 unspecified atom stereocenters. The highest BCUT2D eigenvalue weighted by Crippen LogP contribution is 2.49. The van der Waals surface area contributed by atoms with E-state index in [0.717, 1.165) is 32.1 Å². The molecule has 0 saturated heterocycles. The van der Waals surface area contributed by atoms with E-state index in [2.05, 4.69) is 32.0 Å². The first kappa shape index (κ1) is 19.5. The summed E-state index contributed by atoms with van der Waals surface area (Å²) in [5.41, 5.74) is 5.02. The van der Waals surface area contributed by atoms with Gasteiger partial charge in [-0.1, -0.05) is 43.5 Å². The number of aryl methyl sites for hydroxylation is 3. The number of hydrogen-bond donors (Lipinski definition) is 0. The third kappa shape index (κ3) is 6.14. The van der Waals surface area contributed by atoms with Crippen LogP contribution in [0, 0.1) is 12.3 Å². The third-order valence-electron chi connectivity index (χ3n) is 6.50. The lowest BCUT2D eigenvalue weighted by atomic mass is 9.96. The van der Waals surface area contributed by atoms with Crippen molar-refractivity contribution in [1.29, 1.82) is 0 Å². The van der Waals surface area contributed by atoms with Gasteiger partial charge in [0.2, 0.25) is 0 Å². The van der Waals surface area contributed by atoms with E-state index in [4.69, 9.17) is 4.74 Å². The Kier molecular flexibility index (Phi) is 6.42. The van der Waals surface area contributed by atoms with Crippen LogP contribution >= 0.6 is 0 Å². The van der Waals surface area contributed by atoms with Gasteiger partial charge in [0, 0.05) is 0 Å². The maximum absolute atomic E-state index is 10.5. The first-order valence-corrected chi connectivity index (χ1v) is 10.7. The Morgan fingerprint density at radius 2 is 1.50 bits per heavy atom. The number of hydrogen-bond acceptors (Lipinski definition) is 2. The summed E-state index contributed by atoms with van der Waals surface area (Å²) in [5, 5.41) is 0. The average Bonchev–Trinajstić information content (AvgIpc) is 3.51. The maximum atomic E-state index is 10.5. The molecule has 0 N–H and O–H groups in total. The van der Waals surface area contributed by atoms with Crippen LogP contribution in [0.5, 0.6) is 0 Å². The molecule has 26 heavy (non-hydrogen) atoms. The summed E-state index contributed by atoms with van der Waals surface area (Å²) in [4.78, 5) is 10.5. The molecule has 0 heterocycles. The minimum Gasteiger partial charge on any atom is -0.461 e. The molecule has 0 aliphatic heterocycles. The standard InChI is InChI=1S/C24H36O2/c1-20-16-21(8-4-3-6-10-23(2)12-13-23)18-22(17-20)9-5-7-11-24(14-15-24)26-19-25/h16-19H,3-15H2,1-2H3. The van der Waals surface area contributed by atoms with Crippen molar-refractivity contribution in [2.75, 3.05) is 0 Å². The third-order valence-corrected chi connectivity index (χ3v) is 6.50. The van der Waals surface area contributed by atoms with Crippen molar-refractivity contribution >= 4 is 6.47 Å². The van der Waals surface area contributed by atoms with E-state index in [-0.39, 0.29) is 5.60 Å². The van der Waals surface area contributed by atoms with Crippen LogP contribution in [-0.4, -0.2) is 12.1 Å². The van der Waals surface area contributed by atoms with Crippen molar-refractivity contribution < 1.29 is 9.53 Å². The Morgan fingerprint density at radius 1 is 0.885 bits per heavy atom. The fraction of sp³-hybridized carbons (Fsp3) is 0.708. The van der Waals surface area contributed by atoms with Crippen LogP contribution in [0.3, 0.4) is 0 Å². The number of unbranched alkanes of at least 4 members (excludes halogenated alkanes) is 3. The molecule has 0 radical (unpaired) electrons. The number of carbonyl (C=O) groups is 1. The van der Waals surface area contributed by atoms with Gasteiger partial charge in [0.1, 0.15) is 5.60 Å². The summed E-state index contributed by atoms with van der Waals surface area (Å²) >= 11 is 0. The van der Waals surface area contributed by atoms with E-state index in [9.17, 15) is 4.79 Å². The molecular formula is C24H36O2. The van der Waals surface area contributed by atoms with Crippen molar-refractivity contribution in [3.05, 3.63) is 34.9 Å². The number of benzene rings is 1. The molecule has 1 aromatic carbocycles. The van der Waals surface area contributed by atoms with Gasteiger partial charge in [0.25, 0.3) is 6.47 Å². The zero-order valence-electron chi connectivity index (χ0n) is 16.8. The highest BCUT2D eigenvalue weighted by atomic mass is 16.5. The van der Waals surface area contributed by atoms with E-state index >= 15 is 0 Å². The van der Waals surface area contributed by atoms with Gasteiger partial charge in [0.15, 0.2) is 0 Å². The summed E-state index contributed by atoms with van der Waals surface area (Å²) in [7, 11) is 0. The van der Waals surface area contributed by atoms with E-state index < -0.39 is 0 Å². The van der Waals surface area contributed by atoms with Crippen molar-refractivity contribution in [2.24, 2.45) is 5.41 Å². The summed E-state index contributed by atoms with van der Waals surface area (Å²) in [6, 6.07) is 7.12. The fourth-order valence-corrected chi connectivity index (χ4v) is 4.20. The molecule has 0 bridgehead atoms. The van der Waals surface area contributed by atoms with Crippen LogP contribution in [0.15, 0.2) is 18.2 Å². The van der Waals surface area contributed by atoms with E-state index in [1.165, 1.54) is 68.1 Å². The predicted octanol–water partition coefficient (Wildman–Crippen LogP) is 6.32. The van der Waals surface area contributed by atoms with Crippen molar-refractivity contribution in [3.63, 3.8) is 0 Å². The van der Waals surface area contributed by atoms with Crippen molar-refractivity contribution in [2.45, 2.75) is 103 Å². The second kappa shape index (κ2) is 8.59. The van der Waals surface area contributed by atoms with Crippen LogP contribution in [0.2, 0.25) is 0 Å². The second-order valence-corrected chi connectivity index (χ2v) is 9.30. The highest BCUT2D eigenvalue weighted by molar-refractivity contribution is 5.39. The number of ether oxygens (including phenoxy) is 1. The second-order valence-electron chi connectivity index (χ2n) is 9.30. The summed E-state index contributed by atoms with van der Waals surface area (Å²) in [6.07, 6.45) is 16.3. The molecule has 2 aliphatic carbocycles. The monoisotopic (exact) mass is 356 g/mol. The van der Waals surface area contributed by atoms with Gasteiger partial charge in [0.05, 0.1) is 0 Å². The highest BCUT2D eigenvalue weighted by Gasteiger charge is 2.44. The Bertz CT molecular complexity index is 596. The summed E-state index contributed by atoms with van der Waals surface area (Å²) in [5.74, 6) is 0. The molecule has 0 atom stereocenters. The zero-order valence-corrected chi connectivity index (χ0v) is 16.8. The molecule has 144 valence electrons. The first-order chi connectivity index (χ1) is 12.5. The quantitative estimate of drug-likeness (QED) is 0.305. The van der Waals surface area contributed by atoms with Gasteiger partial charge < -0.3 is 4.74 Å². The molecule has 2 heteroatoms. The molecule has 3 rings (SSSR count). The van der Waals surface area contributed by atoms with Crippen LogP contribution in [-0.2, 0) is 22.4 Å². The van der Waals surface area contributed by atoms with E-state index in [1.807, 2.05) is 0 Å². The normalized spacial score (nSPS) is 19.2. The number of carbonyl (C=O) groups excluding carboxylic acids is 1. The lowest BCUT2D eigenvalue weighted by molar-refractivity contribution is -0.135. The molecule has 1 aromatic rings. The summed E-state index contributed by atoms with van der Waals surface area (Å²) < 4.78 is 5.24. The lowest BCUT2D eigenvalue weighted by Crippen LogP contribution is -2.12. The van der Waals surface area contributed by atoms with Gasteiger partial charge in [-0.25, -0.2) is 0 Å². The molecule has 0 spiro atoms. The van der Waals surface area contributed by atoms with Gasteiger partial charge in [-0.3, -0.25) is 4.79 Å². The van der Waals surface area contributed by atoms with Gasteiger partial charge >= 0.3 is 0 Å². The topological polar surface area (TPSA) is 26.3 Å². The minimum absolute atomic E-state index is 0.0863. The molecule has 2 fully saturated rings. The Labute approximate surface area is 159 Å². The molecule has 2 saturated carbocycles.